The van der Waals surface area contributed by atoms with Gasteiger partial charge in [-0.05, 0) is 25.0 Å². The first-order chi connectivity index (χ1) is 8.30. The fraction of sp³-hybridized carbons (Fsp3) is 0.417. The van der Waals surface area contributed by atoms with Gasteiger partial charge >= 0.3 is 0 Å². The van der Waals surface area contributed by atoms with Gasteiger partial charge < -0.3 is 4.90 Å². The summed E-state index contributed by atoms with van der Waals surface area (Å²) in [6, 6.07) is 5.71. The highest BCUT2D eigenvalue weighted by molar-refractivity contribution is 8.14. The van der Waals surface area contributed by atoms with Crippen molar-refractivity contribution in [3.8, 4) is 0 Å². The fourth-order valence-corrected chi connectivity index (χ4v) is 3.34. The van der Waals surface area contributed by atoms with Crippen LogP contribution in [-0.4, -0.2) is 26.1 Å². The Hall–Kier alpha value is -1.07. The Kier molecular flexibility index (Phi) is 3.38. The number of anilines is 1. The van der Waals surface area contributed by atoms with Crippen LogP contribution < -0.4 is 4.90 Å². The van der Waals surface area contributed by atoms with E-state index in [0.717, 1.165) is 16.8 Å². The Balaban J connectivity index is 2.39. The van der Waals surface area contributed by atoms with Gasteiger partial charge in [0.25, 0.3) is 0 Å². The van der Waals surface area contributed by atoms with Crippen LogP contribution in [-0.2, 0) is 13.8 Å². The van der Waals surface area contributed by atoms with Gasteiger partial charge in [0.2, 0.25) is 15.0 Å². The number of carbonyl (C=O) groups excluding carboxylic acids is 1. The third kappa shape index (κ3) is 2.37. The van der Waals surface area contributed by atoms with Crippen LogP contribution in [0.15, 0.2) is 18.2 Å². The SMILES string of the molecule is Cc1cccc(C)c1N1CC(S(=O)(=O)Cl)CC1=O. The minimum absolute atomic E-state index is 0.0421. The molecule has 1 saturated heterocycles. The molecule has 0 bridgehead atoms. The third-order valence-electron chi connectivity index (χ3n) is 3.20. The first-order valence-electron chi connectivity index (χ1n) is 5.60. The van der Waals surface area contributed by atoms with Crippen molar-refractivity contribution < 1.29 is 13.2 Å². The van der Waals surface area contributed by atoms with Gasteiger partial charge in [0.1, 0.15) is 5.25 Å². The average Bonchev–Trinajstić information content (AvgIpc) is 2.60. The number of rotatable bonds is 2. The minimum Gasteiger partial charge on any atom is -0.310 e. The number of amides is 1. The zero-order valence-electron chi connectivity index (χ0n) is 10.2. The molecule has 0 saturated carbocycles. The van der Waals surface area contributed by atoms with Gasteiger partial charge in [0.05, 0.1) is 0 Å². The molecule has 0 N–H and O–H groups in total. The standard InChI is InChI=1S/C12H14ClNO3S/c1-8-4-3-5-9(2)12(8)14-7-10(6-11(14)15)18(13,16)17/h3-5,10H,6-7H2,1-2H3. The molecule has 1 aliphatic heterocycles. The topological polar surface area (TPSA) is 54.5 Å². The first kappa shape index (κ1) is 13.4. The number of carbonyl (C=O) groups is 1. The van der Waals surface area contributed by atoms with Gasteiger partial charge in [-0.25, -0.2) is 8.42 Å². The second kappa shape index (κ2) is 4.55. The van der Waals surface area contributed by atoms with E-state index < -0.39 is 14.3 Å². The van der Waals surface area contributed by atoms with Crippen LogP contribution in [0.2, 0.25) is 0 Å². The smallest absolute Gasteiger partial charge is 0.237 e. The van der Waals surface area contributed by atoms with E-state index in [4.69, 9.17) is 10.7 Å². The predicted octanol–water partition coefficient (Wildman–Crippen LogP) is 1.98. The summed E-state index contributed by atoms with van der Waals surface area (Å²) in [7, 11) is 1.64. The highest BCUT2D eigenvalue weighted by Gasteiger charge is 2.38. The van der Waals surface area contributed by atoms with E-state index in [1.54, 1.807) is 0 Å². The van der Waals surface area contributed by atoms with Crippen molar-refractivity contribution in [2.45, 2.75) is 25.5 Å². The summed E-state index contributed by atoms with van der Waals surface area (Å²) >= 11 is 0. The fourth-order valence-electron chi connectivity index (χ4n) is 2.31. The Labute approximate surface area is 111 Å². The van der Waals surface area contributed by atoms with Crippen LogP contribution in [0.25, 0.3) is 0 Å². The summed E-state index contributed by atoms with van der Waals surface area (Å²) in [5.41, 5.74) is 2.71. The molecule has 18 heavy (non-hydrogen) atoms. The normalized spacial score (nSPS) is 20.5. The number of nitrogens with zero attached hydrogens (tertiary/aromatic N) is 1. The summed E-state index contributed by atoms with van der Waals surface area (Å²) < 4.78 is 22.6. The third-order valence-corrected chi connectivity index (χ3v) is 5.07. The largest absolute Gasteiger partial charge is 0.310 e. The number of aryl methyl sites for hydroxylation is 2. The van der Waals surface area contributed by atoms with Crippen molar-refractivity contribution in [2.24, 2.45) is 0 Å². The molecule has 1 atom stereocenters. The Morgan fingerprint density at radius 3 is 2.28 bits per heavy atom. The number of benzene rings is 1. The lowest BCUT2D eigenvalue weighted by molar-refractivity contribution is -0.117. The Morgan fingerprint density at radius 1 is 1.28 bits per heavy atom. The molecule has 0 radical (unpaired) electrons. The molecule has 98 valence electrons. The molecule has 1 heterocycles. The molecule has 4 nitrogen and oxygen atoms in total. The van der Waals surface area contributed by atoms with Crippen molar-refractivity contribution in [1.82, 2.24) is 0 Å². The van der Waals surface area contributed by atoms with Gasteiger partial charge in [-0.1, -0.05) is 18.2 Å². The second-order valence-electron chi connectivity index (χ2n) is 4.55. The van der Waals surface area contributed by atoms with Gasteiger partial charge in [0, 0.05) is 29.3 Å². The Bertz CT molecular complexity index is 577. The van der Waals surface area contributed by atoms with E-state index in [1.807, 2.05) is 32.0 Å². The van der Waals surface area contributed by atoms with Gasteiger partial charge in [-0.15, -0.1) is 0 Å². The van der Waals surface area contributed by atoms with Crippen LogP contribution in [0, 0.1) is 13.8 Å². The quantitative estimate of drug-likeness (QED) is 0.782. The van der Waals surface area contributed by atoms with E-state index in [9.17, 15) is 13.2 Å². The second-order valence-corrected chi connectivity index (χ2v) is 7.45. The minimum atomic E-state index is -3.69. The molecule has 1 aliphatic rings. The number of para-hydroxylation sites is 1. The van der Waals surface area contributed by atoms with Crippen molar-refractivity contribution >= 4 is 31.3 Å². The van der Waals surface area contributed by atoms with Crippen molar-refractivity contribution in [3.63, 3.8) is 0 Å². The van der Waals surface area contributed by atoms with Gasteiger partial charge in [-0.2, -0.15) is 0 Å². The molecule has 1 fully saturated rings. The number of hydrogen-bond donors (Lipinski definition) is 0. The summed E-state index contributed by atoms with van der Waals surface area (Å²) in [6.07, 6.45) is -0.0421. The molecule has 0 aliphatic carbocycles. The first-order valence-corrected chi connectivity index (χ1v) is 7.98. The summed E-state index contributed by atoms with van der Waals surface area (Å²) in [4.78, 5) is 13.5. The summed E-state index contributed by atoms with van der Waals surface area (Å²) in [6.45, 7) is 3.94. The molecule has 1 aromatic carbocycles. The van der Waals surface area contributed by atoms with E-state index in [2.05, 4.69) is 0 Å². The van der Waals surface area contributed by atoms with Crippen LogP contribution in [0.4, 0.5) is 5.69 Å². The van der Waals surface area contributed by atoms with E-state index in [1.165, 1.54) is 4.90 Å². The molecule has 0 aromatic heterocycles. The number of halogens is 1. The molecule has 6 heteroatoms. The zero-order chi connectivity index (χ0) is 13.5. The predicted molar refractivity (Wildman–Crippen MR) is 71.4 cm³/mol. The molecule has 1 unspecified atom stereocenters. The molecule has 1 aromatic rings. The summed E-state index contributed by atoms with van der Waals surface area (Å²) in [5.74, 6) is -0.193. The highest BCUT2D eigenvalue weighted by atomic mass is 35.7. The van der Waals surface area contributed by atoms with Crippen molar-refractivity contribution in [2.75, 3.05) is 11.4 Å². The van der Waals surface area contributed by atoms with E-state index in [-0.39, 0.29) is 18.9 Å². The molecule has 1 amide bonds. The monoisotopic (exact) mass is 287 g/mol. The molecule has 0 spiro atoms. The highest BCUT2D eigenvalue weighted by Crippen LogP contribution is 2.31. The van der Waals surface area contributed by atoms with Crippen LogP contribution in [0.5, 0.6) is 0 Å². The molecular weight excluding hydrogens is 274 g/mol. The van der Waals surface area contributed by atoms with Crippen molar-refractivity contribution in [1.29, 1.82) is 0 Å². The maximum absolute atomic E-state index is 11.9. The van der Waals surface area contributed by atoms with Crippen LogP contribution in [0.3, 0.4) is 0 Å². The van der Waals surface area contributed by atoms with Crippen LogP contribution >= 0.6 is 10.7 Å². The van der Waals surface area contributed by atoms with E-state index in [0.29, 0.717) is 0 Å². The Morgan fingerprint density at radius 2 is 1.83 bits per heavy atom. The molecular formula is C12H14ClNO3S. The maximum atomic E-state index is 11.9. The lowest BCUT2D eigenvalue weighted by atomic mass is 10.1. The average molecular weight is 288 g/mol. The zero-order valence-corrected chi connectivity index (χ0v) is 11.8. The lowest BCUT2D eigenvalue weighted by Crippen LogP contribution is -2.28. The van der Waals surface area contributed by atoms with Crippen molar-refractivity contribution in [3.05, 3.63) is 29.3 Å². The van der Waals surface area contributed by atoms with E-state index >= 15 is 0 Å². The lowest BCUT2D eigenvalue weighted by Gasteiger charge is -2.21. The number of hydrogen-bond acceptors (Lipinski definition) is 3. The van der Waals surface area contributed by atoms with Crippen LogP contribution in [0.1, 0.15) is 17.5 Å². The maximum Gasteiger partial charge on any atom is 0.237 e. The van der Waals surface area contributed by atoms with Gasteiger partial charge in [-0.3, -0.25) is 4.79 Å². The molecule has 2 rings (SSSR count). The summed E-state index contributed by atoms with van der Waals surface area (Å²) in [5, 5.41) is -0.814. The van der Waals surface area contributed by atoms with Gasteiger partial charge in [0.15, 0.2) is 0 Å².